The molecule has 0 unspecified atom stereocenters. The van der Waals surface area contributed by atoms with Crippen LogP contribution in [0.2, 0.25) is 0 Å². The first kappa shape index (κ1) is 10.6. The normalized spacial score (nSPS) is 21.0. The molecule has 1 aliphatic heterocycles. The summed E-state index contributed by atoms with van der Waals surface area (Å²) in [7, 11) is 2.18. The van der Waals surface area contributed by atoms with Crippen molar-refractivity contribution in [3.63, 3.8) is 0 Å². The maximum absolute atomic E-state index is 3.83. The van der Waals surface area contributed by atoms with Gasteiger partial charge in [-0.05, 0) is 13.6 Å². The fourth-order valence-electron chi connectivity index (χ4n) is 1.34. The second kappa shape index (κ2) is 5.32. The van der Waals surface area contributed by atoms with E-state index in [0.29, 0.717) is 0 Å². The SMILES string of the molecule is [CH2-]CC[C-]1CCN(C)C1.[W+2]. The summed E-state index contributed by atoms with van der Waals surface area (Å²) in [5.41, 5.74) is 0. The topological polar surface area (TPSA) is 3.24 Å². The molecule has 0 aromatic heterocycles. The predicted octanol–water partition coefficient (Wildman–Crippen LogP) is 1.51. The molecule has 1 nitrogen and oxygen atoms in total. The maximum Gasteiger partial charge on any atom is 2.00 e. The molecule has 0 amide bonds. The van der Waals surface area contributed by atoms with Crippen LogP contribution >= 0.6 is 0 Å². The van der Waals surface area contributed by atoms with E-state index < -0.39 is 0 Å². The summed E-state index contributed by atoms with van der Waals surface area (Å²) < 4.78 is 0. The van der Waals surface area contributed by atoms with Crippen molar-refractivity contribution in [2.24, 2.45) is 0 Å². The van der Waals surface area contributed by atoms with E-state index in [1.807, 2.05) is 0 Å². The Bertz CT molecular complexity index is 83.3. The summed E-state index contributed by atoms with van der Waals surface area (Å²) in [5, 5.41) is 0. The van der Waals surface area contributed by atoms with E-state index >= 15 is 0 Å². The van der Waals surface area contributed by atoms with Gasteiger partial charge < -0.3 is 17.7 Å². The Labute approximate surface area is 78.4 Å². The number of hydrogen-bond acceptors (Lipinski definition) is 1. The van der Waals surface area contributed by atoms with Crippen LogP contribution in [0.15, 0.2) is 0 Å². The van der Waals surface area contributed by atoms with Crippen molar-refractivity contribution in [1.82, 2.24) is 4.90 Å². The predicted molar refractivity (Wildman–Crippen MR) is 39.9 cm³/mol. The van der Waals surface area contributed by atoms with Gasteiger partial charge in [0.15, 0.2) is 0 Å². The molecule has 0 radical (unpaired) electrons. The van der Waals surface area contributed by atoms with Gasteiger partial charge in [-0.3, -0.25) is 0 Å². The van der Waals surface area contributed by atoms with Crippen LogP contribution in [0, 0.1) is 12.8 Å². The Morgan fingerprint density at radius 1 is 1.60 bits per heavy atom. The van der Waals surface area contributed by atoms with Crippen molar-refractivity contribution < 1.29 is 21.1 Å². The Morgan fingerprint density at radius 2 is 2.30 bits per heavy atom. The summed E-state index contributed by atoms with van der Waals surface area (Å²) >= 11 is 0. The van der Waals surface area contributed by atoms with Crippen LogP contribution in [0.3, 0.4) is 0 Å². The number of nitrogens with zero attached hydrogens (tertiary/aromatic N) is 1. The molecule has 1 fully saturated rings. The fourth-order valence-corrected chi connectivity index (χ4v) is 1.34. The van der Waals surface area contributed by atoms with Gasteiger partial charge in [-0.15, -0.1) is 6.54 Å². The summed E-state index contributed by atoms with van der Waals surface area (Å²) in [6.45, 7) is 6.31. The molecule has 0 bridgehead atoms. The minimum Gasteiger partial charge on any atom is -0.346 e. The first-order valence-electron chi connectivity index (χ1n) is 3.64. The van der Waals surface area contributed by atoms with Crippen molar-refractivity contribution in [3.8, 4) is 0 Å². The molecule has 1 rings (SSSR count). The average molecular weight is 309 g/mol. The van der Waals surface area contributed by atoms with Gasteiger partial charge in [0.1, 0.15) is 0 Å². The van der Waals surface area contributed by atoms with E-state index in [0.717, 1.165) is 6.42 Å². The van der Waals surface area contributed by atoms with E-state index in [9.17, 15) is 0 Å². The maximum atomic E-state index is 3.83. The zero-order valence-corrected chi connectivity index (χ0v) is 9.53. The van der Waals surface area contributed by atoms with Gasteiger partial charge in [0, 0.05) is 0 Å². The molecular weight excluding hydrogens is 294 g/mol. The van der Waals surface area contributed by atoms with Crippen molar-refractivity contribution in [1.29, 1.82) is 0 Å². The molecule has 58 valence electrons. The number of likely N-dealkylation sites (tertiary alicyclic amines) is 1. The molecule has 10 heavy (non-hydrogen) atoms. The van der Waals surface area contributed by atoms with Crippen LogP contribution in [0.25, 0.3) is 0 Å². The first-order chi connectivity index (χ1) is 4.33. The minimum absolute atomic E-state index is 0. The molecule has 0 spiro atoms. The molecule has 0 saturated carbocycles. The Balaban J connectivity index is 0.000000810. The van der Waals surface area contributed by atoms with Crippen LogP contribution in [0.5, 0.6) is 0 Å². The van der Waals surface area contributed by atoms with E-state index in [4.69, 9.17) is 0 Å². The van der Waals surface area contributed by atoms with Crippen LogP contribution in [0.1, 0.15) is 19.3 Å². The molecular formula is C8H15NW. The molecule has 1 aliphatic rings. The van der Waals surface area contributed by atoms with Gasteiger partial charge in [0.25, 0.3) is 0 Å². The van der Waals surface area contributed by atoms with Gasteiger partial charge in [0.05, 0.1) is 0 Å². The smallest absolute Gasteiger partial charge is 0.346 e. The Morgan fingerprint density at radius 3 is 2.70 bits per heavy atom. The van der Waals surface area contributed by atoms with Gasteiger partial charge in [-0.1, -0.05) is 0 Å². The van der Waals surface area contributed by atoms with E-state index in [2.05, 4.69) is 18.9 Å². The van der Waals surface area contributed by atoms with Crippen LogP contribution in [0.4, 0.5) is 0 Å². The van der Waals surface area contributed by atoms with Crippen molar-refractivity contribution in [2.45, 2.75) is 19.3 Å². The quantitative estimate of drug-likeness (QED) is 0.699. The van der Waals surface area contributed by atoms with Gasteiger partial charge in [-0.25, -0.2) is 12.8 Å². The second-order valence-corrected chi connectivity index (χ2v) is 2.84. The molecule has 0 aromatic rings. The third-order valence-corrected chi connectivity index (χ3v) is 1.87. The zero-order valence-electron chi connectivity index (χ0n) is 6.60. The van der Waals surface area contributed by atoms with Crippen molar-refractivity contribution >= 4 is 0 Å². The fraction of sp³-hybridized carbons (Fsp3) is 0.750. The molecule has 0 atom stereocenters. The van der Waals surface area contributed by atoms with Crippen LogP contribution in [-0.2, 0) is 21.1 Å². The first-order valence-corrected chi connectivity index (χ1v) is 3.64. The molecule has 0 aromatic carbocycles. The van der Waals surface area contributed by atoms with Gasteiger partial charge >= 0.3 is 21.1 Å². The summed E-state index contributed by atoms with van der Waals surface area (Å²) in [5.74, 6) is 1.69. The number of hydrogen-bond donors (Lipinski definition) is 0. The monoisotopic (exact) mass is 309 g/mol. The van der Waals surface area contributed by atoms with Crippen molar-refractivity contribution in [3.05, 3.63) is 12.8 Å². The third-order valence-electron chi connectivity index (χ3n) is 1.87. The van der Waals surface area contributed by atoms with Gasteiger partial charge in [-0.2, -0.15) is 6.42 Å². The van der Waals surface area contributed by atoms with Gasteiger partial charge in [0.2, 0.25) is 0 Å². The largest absolute Gasteiger partial charge is 2.00 e. The third kappa shape index (κ3) is 3.16. The van der Waals surface area contributed by atoms with Crippen molar-refractivity contribution in [2.75, 3.05) is 20.1 Å². The summed E-state index contributed by atoms with van der Waals surface area (Å²) in [4.78, 5) is 2.37. The summed E-state index contributed by atoms with van der Waals surface area (Å²) in [6.07, 6.45) is 3.62. The minimum atomic E-state index is 0. The average Bonchev–Trinajstić information content (AvgIpc) is 2.17. The van der Waals surface area contributed by atoms with Crippen LogP contribution in [-0.4, -0.2) is 25.0 Å². The molecule has 1 heterocycles. The van der Waals surface area contributed by atoms with E-state index in [1.165, 1.54) is 25.9 Å². The summed E-state index contributed by atoms with van der Waals surface area (Å²) in [6, 6.07) is 0. The van der Waals surface area contributed by atoms with E-state index in [1.54, 1.807) is 5.92 Å². The van der Waals surface area contributed by atoms with E-state index in [-0.39, 0.29) is 21.1 Å². The number of rotatable bonds is 2. The molecule has 1 saturated heterocycles. The molecule has 2 heteroatoms. The second-order valence-electron chi connectivity index (χ2n) is 2.84. The molecule has 0 aliphatic carbocycles. The Hall–Kier alpha value is 0.648. The zero-order chi connectivity index (χ0) is 6.69. The van der Waals surface area contributed by atoms with Crippen LogP contribution < -0.4 is 0 Å². The Kier molecular flexibility index (Phi) is 5.66. The molecule has 0 N–H and O–H groups in total. The standard InChI is InChI=1S/C8H15N.W/c1-3-4-8-5-6-9(2)7-8;/h1,3-7H2,2H3;/q-2;+2.